The van der Waals surface area contributed by atoms with Crippen LogP contribution in [0.15, 0.2) is 65.7 Å². The summed E-state index contributed by atoms with van der Waals surface area (Å²) in [6.45, 7) is 0.205. The molecular weight excluding hydrogens is 430 g/mol. The van der Waals surface area contributed by atoms with Crippen LogP contribution in [0, 0.1) is 0 Å². The van der Waals surface area contributed by atoms with Crippen LogP contribution in [-0.4, -0.2) is 52.3 Å². The summed E-state index contributed by atoms with van der Waals surface area (Å²) in [5.74, 6) is -4.67. The van der Waals surface area contributed by atoms with Gasteiger partial charge in [-0.2, -0.15) is 0 Å². The molecule has 2 aliphatic rings. The van der Waals surface area contributed by atoms with Crippen molar-refractivity contribution in [2.24, 2.45) is 0 Å². The number of rotatable bonds is 6. The van der Waals surface area contributed by atoms with Crippen molar-refractivity contribution in [1.82, 2.24) is 0 Å². The van der Waals surface area contributed by atoms with Crippen LogP contribution < -0.4 is 4.90 Å². The summed E-state index contributed by atoms with van der Waals surface area (Å²) in [6, 6.07) is 16.2. The highest BCUT2D eigenvalue weighted by atomic mass is 16.9. The van der Waals surface area contributed by atoms with Crippen LogP contribution in [0.5, 0.6) is 0 Å². The first-order valence-corrected chi connectivity index (χ1v) is 10.1. The quantitative estimate of drug-likeness (QED) is 0.484. The van der Waals surface area contributed by atoms with Crippen LogP contribution in [0.4, 0.5) is 5.69 Å². The molecule has 2 aliphatic heterocycles. The fraction of sp³-hybridized carbons (Fsp3) is 0.292. The Balaban J connectivity index is 2.00. The van der Waals surface area contributed by atoms with Crippen LogP contribution in [0.1, 0.15) is 11.1 Å². The Kier molecular flexibility index (Phi) is 5.79. The van der Waals surface area contributed by atoms with Gasteiger partial charge in [-0.05, 0) is 11.6 Å². The number of hydrogen-bond acceptors (Lipinski definition) is 8. The third-order valence-electron chi connectivity index (χ3n) is 5.82. The van der Waals surface area contributed by atoms with Crippen molar-refractivity contribution in [2.75, 3.05) is 33.3 Å². The topological polar surface area (TPSA) is 101 Å². The third kappa shape index (κ3) is 3.16. The molecule has 0 saturated heterocycles. The molecule has 0 N–H and O–H groups in total. The van der Waals surface area contributed by atoms with E-state index >= 15 is 0 Å². The van der Waals surface area contributed by atoms with E-state index in [9.17, 15) is 14.4 Å². The summed E-state index contributed by atoms with van der Waals surface area (Å²) < 4.78 is 26.9. The number of anilines is 1. The van der Waals surface area contributed by atoms with E-state index in [2.05, 4.69) is 0 Å². The largest absolute Gasteiger partial charge is 0.466 e. The lowest BCUT2D eigenvalue weighted by atomic mass is 9.85. The van der Waals surface area contributed by atoms with E-state index in [1.165, 1.54) is 19.1 Å². The maximum absolute atomic E-state index is 14.1. The van der Waals surface area contributed by atoms with Gasteiger partial charge in [0.2, 0.25) is 5.60 Å². The number of amides is 1. The number of methoxy groups -OCH3 is 4. The number of carbonyl (C=O) groups is 3. The molecular formula is C24H23NO8. The van der Waals surface area contributed by atoms with E-state index in [1.807, 2.05) is 30.3 Å². The van der Waals surface area contributed by atoms with Gasteiger partial charge in [-0.3, -0.25) is 9.53 Å². The summed E-state index contributed by atoms with van der Waals surface area (Å²) in [6.07, 6.45) is 0. The van der Waals surface area contributed by atoms with Crippen molar-refractivity contribution in [3.8, 4) is 0 Å². The number of para-hydroxylation sites is 1. The van der Waals surface area contributed by atoms with Crippen molar-refractivity contribution in [3.63, 3.8) is 0 Å². The zero-order valence-electron chi connectivity index (χ0n) is 18.6. The molecule has 0 aliphatic carbocycles. The number of fused-ring (bicyclic) bond motifs is 2. The lowest BCUT2D eigenvalue weighted by molar-refractivity contribution is -0.349. The van der Waals surface area contributed by atoms with Gasteiger partial charge in [0, 0.05) is 19.8 Å². The molecule has 1 unspecified atom stereocenters. The van der Waals surface area contributed by atoms with Gasteiger partial charge in [-0.15, -0.1) is 0 Å². The second kappa shape index (κ2) is 8.43. The fourth-order valence-electron chi connectivity index (χ4n) is 4.37. The number of esters is 2. The van der Waals surface area contributed by atoms with Gasteiger partial charge in [0.25, 0.3) is 5.91 Å². The Morgan fingerprint density at radius 2 is 1.42 bits per heavy atom. The summed E-state index contributed by atoms with van der Waals surface area (Å²) in [5, 5.41) is 0. The molecule has 0 saturated carbocycles. The number of benzene rings is 2. The zero-order valence-corrected chi connectivity index (χ0v) is 18.6. The first kappa shape index (κ1) is 22.7. The van der Waals surface area contributed by atoms with Crippen molar-refractivity contribution in [3.05, 3.63) is 76.9 Å². The Labute approximate surface area is 190 Å². The molecule has 1 atom stereocenters. The molecule has 9 heteroatoms. The smallest absolute Gasteiger partial charge is 0.342 e. The summed E-state index contributed by atoms with van der Waals surface area (Å²) >= 11 is 0. The molecule has 2 aromatic rings. The third-order valence-corrected chi connectivity index (χ3v) is 5.82. The molecule has 33 heavy (non-hydrogen) atoms. The van der Waals surface area contributed by atoms with Crippen LogP contribution in [-0.2, 0) is 50.2 Å². The average molecular weight is 453 g/mol. The first-order valence-electron chi connectivity index (χ1n) is 10.1. The van der Waals surface area contributed by atoms with Crippen LogP contribution in [0.3, 0.4) is 0 Å². The SMILES string of the molecule is COC(=O)C1=C(C(=O)OC)C2(OC1(OC)OC)C(=O)N(Cc1ccccc1)c1ccccc12. The predicted octanol–water partition coefficient (Wildman–Crippen LogP) is 2.05. The first-order chi connectivity index (χ1) is 15.9. The Bertz CT molecular complexity index is 1140. The van der Waals surface area contributed by atoms with Gasteiger partial charge in [0.15, 0.2) is 0 Å². The van der Waals surface area contributed by atoms with Crippen molar-refractivity contribution in [1.29, 1.82) is 0 Å². The Morgan fingerprint density at radius 1 is 0.848 bits per heavy atom. The molecule has 2 aromatic carbocycles. The molecule has 0 radical (unpaired) electrons. The van der Waals surface area contributed by atoms with E-state index < -0.39 is 35.0 Å². The number of hydrogen-bond donors (Lipinski definition) is 0. The zero-order chi connectivity index (χ0) is 23.8. The monoisotopic (exact) mass is 453 g/mol. The van der Waals surface area contributed by atoms with Gasteiger partial charge in [0.1, 0.15) is 11.1 Å². The van der Waals surface area contributed by atoms with Gasteiger partial charge in [-0.25, -0.2) is 9.59 Å². The van der Waals surface area contributed by atoms with Gasteiger partial charge in [0.05, 0.1) is 26.5 Å². The van der Waals surface area contributed by atoms with Crippen molar-refractivity contribution < 1.29 is 38.1 Å². The molecule has 4 rings (SSSR count). The van der Waals surface area contributed by atoms with Gasteiger partial charge in [-0.1, -0.05) is 48.5 Å². The number of carbonyl (C=O) groups excluding carboxylic acids is 3. The van der Waals surface area contributed by atoms with E-state index in [4.69, 9.17) is 23.7 Å². The summed E-state index contributed by atoms with van der Waals surface area (Å²) in [4.78, 5) is 41.5. The molecule has 1 amide bonds. The minimum Gasteiger partial charge on any atom is -0.466 e. The van der Waals surface area contributed by atoms with E-state index in [-0.39, 0.29) is 12.1 Å². The van der Waals surface area contributed by atoms with E-state index in [0.717, 1.165) is 19.8 Å². The highest BCUT2D eigenvalue weighted by molar-refractivity contribution is 6.17. The summed E-state index contributed by atoms with van der Waals surface area (Å²) in [7, 11) is 4.74. The van der Waals surface area contributed by atoms with Crippen LogP contribution >= 0.6 is 0 Å². The Morgan fingerprint density at radius 3 is 2.03 bits per heavy atom. The van der Waals surface area contributed by atoms with Crippen molar-refractivity contribution in [2.45, 2.75) is 18.1 Å². The lowest BCUT2D eigenvalue weighted by Gasteiger charge is -2.31. The molecule has 0 aromatic heterocycles. The van der Waals surface area contributed by atoms with E-state index in [0.29, 0.717) is 11.3 Å². The number of nitrogens with zero attached hydrogens (tertiary/aromatic N) is 1. The summed E-state index contributed by atoms with van der Waals surface area (Å²) in [5.41, 5.74) is -1.07. The molecule has 172 valence electrons. The van der Waals surface area contributed by atoms with Crippen LogP contribution in [0.2, 0.25) is 0 Å². The molecule has 1 spiro atoms. The standard InChI is InChI=1S/C24H23NO8/c1-29-20(26)18-19(21(27)30-2)24(31-3,32-4)33-23(18)16-12-8-9-13-17(16)25(22(23)28)14-15-10-6-5-7-11-15/h5-13H,14H2,1-4H3. The Hall–Kier alpha value is -3.53. The van der Waals surface area contributed by atoms with E-state index in [1.54, 1.807) is 24.3 Å². The molecule has 9 nitrogen and oxygen atoms in total. The molecule has 0 fully saturated rings. The van der Waals surface area contributed by atoms with Crippen LogP contribution in [0.25, 0.3) is 0 Å². The highest BCUT2D eigenvalue weighted by Crippen LogP contribution is 2.56. The predicted molar refractivity (Wildman–Crippen MR) is 115 cm³/mol. The minimum atomic E-state index is -2.18. The maximum atomic E-state index is 14.1. The lowest BCUT2D eigenvalue weighted by Crippen LogP contribution is -2.47. The fourth-order valence-corrected chi connectivity index (χ4v) is 4.37. The van der Waals surface area contributed by atoms with Gasteiger partial charge < -0.3 is 23.8 Å². The highest BCUT2D eigenvalue weighted by Gasteiger charge is 2.70. The number of ether oxygens (including phenoxy) is 5. The maximum Gasteiger partial charge on any atom is 0.342 e. The molecule has 0 bridgehead atoms. The second-order valence-corrected chi connectivity index (χ2v) is 7.37. The van der Waals surface area contributed by atoms with Crippen molar-refractivity contribution >= 4 is 23.5 Å². The average Bonchev–Trinajstić information content (AvgIpc) is 3.30. The molecule has 2 heterocycles. The normalized spacial score (nSPS) is 20.8. The second-order valence-electron chi connectivity index (χ2n) is 7.37. The van der Waals surface area contributed by atoms with Gasteiger partial charge >= 0.3 is 17.9 Å². The minimum absolute atomic E-state index is 0.205.